The Bertz CT molecular complexity index is 1270. The monoisotopic (exact) mass is 429 g/mol. The van der Waals surface area contributed by atoms with Gasteiger partial charge in [-0.05, 0) is 29.8 Å². The number of H-pyrrole nitrogens is 1. The lowest BCUT2D eigenvalue weighted by Gasteiger charge is -2.27. The number of nitrogens with zero attached hydrogens (tertiary/aromatic N) is 4. The van der Waals surface area contributed by atoms with Gasteiger partial charge in [-0.3, -0.25) is 19.7 Å². The van der Waals surface area contributed by atoms with Gasteiger partial charge in [0.05, 0.1) is 17.0 Å². The van der Waals surface area contributed by atoms with Crippen LogP contribution in [0.4, 0.5) is 0 Å². The molecule has 1 aromatic carbocycles. The topological polar surface area (TPSA) is 74.8 Å². The van der Waals surface area contributed by atoms with Gasteiger partial charge in [0.25, 0.3) is 5.56 Å². The average molecular weight is 430 g/mol. The third-order valence-electron chi connectivity index (χ3n) is 5.48. The standard InChI is InChI=1S/C24H20ClN5O/c25-20-4-2-1-3-18(20)21-6-5-16(13-27-21)14-30-12-9-22-19(15-30)24(31)29-23(28-22)17-7-10-26-11-8-17/h1-8,10-11,13H,9,12,14-15H2,(H,28,29,31). The first-order valence-corrected chi connectivity index (χ1v) is 10.5. The molecule has 154 valence electrons. The quantitative estimate of drug-likeness (QED) is 0.528. The minimum Gasteiger partial charge on any atom is -0.306 e. The number of fused-ring (bicyclic) bond motifs is 1. The molecule has 0 saturated carbocycles. The first-order valence-electron chi connectivity index (χ1n) is 10.1. The number of aromatic amines is 1. The fourth-order valence-electron chi connectivity index (χ4n) is 3.87. The number of benzene rings is 1. The van der Waals surface area contributed by atoms with Crippen molar-refractivity contribution >= 4 is 11.6 Å². The van der Waals surface area contributed by atoms with Crippen LogP contribution in [0.5, 0.6) is 0 Å². The molecule has 0 spiro atoms. The Hall–Kier alpha value is -3.35. The van der Waals surface area contributed by atoms with Crippen molar-refractivity contribution in [1.82, 2.24) is 24.8 Å². The van der Waals surface area contributed by atoms with Crippen LogP contribution in [0.3, 0.4) is 0 Å². The minimum absolute atomic E-state index is 0.0753. The second kappa shape index (κ2) is 8.41. The van der Waals surface area contributed by atoms with Crippen LogP contribution >= 0.6 is 11.6 Å². The molecular formula is C24H20ClN5O. The molecule has 3 aromatic heterocycles. The molecular weight excluding hydrogens is 410 g/mol. The molecule has 5 rings (SSSR count). The predicted octanol–water partition coefficient (Wildman–Crippen LogP) is 4.11. The largest absolute Gasteiger partial charge is 0.306 e. The van der Waals surface area contributed by atoms with E-state index < -0.39 is 0 Å². The second-order valence-corrected chi connectivity index (χ2v) is 7.98. The van der Waals surface area contributed by atoms with E-state index in [0.717, 1.165) is 53.2 Å². The third kappa shape index (κ3) is 4.13. The minimum atomic E-state index is -0.0753. The van der Waals surface area contributed by atoms with Crippen LogP contribution in [0.2, 0.25) is 5.02 Å². The highest BCUT2D eigenvalue weighted by molar-refractivity contribution is 6.33. The zero-order valence-corrected chi connectivity index (χ0v) is 17.5. The lowest BCUT2D eigenvalue weighted by molar-refractivity contribution is 0.241. The Labute approximate surface area is 184 Å². The molecule has 7 heteroatoms. The summed E-state index contributed by atoms with van der Waals surface area (Å²) in [5.74, 6) is 0.596. The van der Waals surface area contributed by atoms with Gasteiger partial charge < -0.3 is 4.98 Å². The molecule has 31 heavy (non-hydrogen) atoms. The van der Waals surface area contributed by atoms with E-state index in [9.17, 15) is 4.79 Å². The van der Waals surface area contributed by atoms with Crippen molar-refractivity contribution in [3.63, 3.8) is 0 Å². The highest BCUT2D eigenvalue weighted by Gasteiger charge is 2.21. The van der Waals surface area contributed by atoms with Crippen molar-refractivity contribution in [2.45, 2.75) is 19.5 Å². The molecule has 0 radical (unpaired) electrons. The molecule has 0 fully saturated rings. The first-order chi connectivity index (χ1) is 15.2. The Morgan fingerprint density at radius 3 is 2.68 bits per heavy atom. The highest BCUT2D eigenvalue weighted by atomic mass is 35.5. The van der Waals surface area contributed by atoms with Crippen LogP contribution in [0.25, 0.3) is 22.6 Å². The predicted molar refractivity (Wildman–Crippen MR) is 121 cm³/mol. The first kappa shape index (κ1) is 19.6. The maximum Gasteiger partial charge on any atom is 0.255 e. The van der Waals surface area contributed by atoms with Gasteiger partial charge in [-0.1, -0.05) is 35.9 Å². The summed E-state index contributed by atoms with van der Waals surface area (Å²) < 4.78 is 0. The zero-order chi connectivity index (χ0) is 21.2. The Kier molecular flexibility index (Phi) is 5.32. The van der Waals surface area contributed by atoms with Crippen LogP contribution in [0.15, 0.2) is 71.9 Å². The van der Waals surface area contributed by atoms with Crippen LogP contribution < -0.4 is 5.56 Å². The van der Waals surface area contributed by atoms with E-state index in [1.54, 1.807) is 12.4 Å². The fraction of sp³-hybridized carbons (Fsp3) is 0.167. The molecule has 0 aliphatic carbocycles. The summed E-state index contributed by atoms with van der Waals surface area (Å²) in [7, 11) is 0. The van der Waals surface area contributed by atoms with Crippen LogP contribution in [-0.2, 0) is 19.5 Å². The summed E-state index contributed by atoms with van der Waals surface area (Å²) in [6.45, 7) is 2.13. The van der Waals surface area contributed by atoms with Gasteiger partial charge in [-0.25, -0.2) is 4.98 Å². The molecule has 1 aliphatic rings. The van der Waals surface area contributed by atoms with Crippen molar-refractivity contribution in [3.8, 4) is 22.6 Å². The summed E-state index contributed by atoms with van der Waals surface area (Å²) in [5.41, 5.74) is 5.27. The third-order valence-corrected chi connectivity index (χ3v) is 5.81. The number of pyridine rings is 2. The Balaban J connectivity index is 1.32. The number of aromatic nitrogens is 4. The fourth-order valence-corrected chi connectivity index (χ4v) is 4.10. The molecule has 4 aromatic rings. The van der Waals surface area contributed by atoms with Crippen molar-refractivity contribution in [1.29, 1.82) is 0 Å². The Morgan fingerprint density at radius 2 is 1.90 bits per heavy atom. The van der Waals surface area contributed by atoms with E-state index in [1.807, 2.05) is 48.7 Å². The molecule has 0 saturated heterocycles. The van der Waals surface area contributed by atoms with Gasteiger partial charge in [0.2, 0.25) is 0 Å². The number of nitrogens with one attached hydrogen (secondary N) is 1. The second-order valence-electron chi connectivity index (χ2n) is 7.57. The smallest absolute Gasteiger partial charge is 0.255 e. The number of rotatable bonds is 4. The molecule has 6 nitrogen and oxygen atoms in total. The molecule has 1 N–H and O–H groups in total. The van der Waals surface area contributed by atoms with E-state index >= 15 is 0 Å². The molecule has 0 atom stereocenters. The van der Waals surface area contributed by atoms with Crippen LogP contribution in [0.1, 0.15) is 16.8 Å². The van der Waals surface area contributed by atoms with Crippen molar-refractivity contribution in [3.05, 3.63) is 99.3 Å². The lowest BCUT2D eigenvalue weighted by atomic mass is 10.1. The van der Waals surface area contributed by atoms with E-state index in [4.69, 9.17) is 16.6 Å². The summed E-state index contributed by atoms with van der Waals surface area (Å²) in [5, 5.41) is 0.688. The van der Waals surface area contributed by atoms with E-state index in [0.29, 0.717) is 17.4 Å². The van der Waals surface area contributed by atoms with E-state index in [1.165, 1.54) is 0 Å². The van der Waals surface area contributed by atoms with Crippen LogP contribution in [0, 0.1) is 0 Å². The highest BCUT2D eigenvalue weighted by Crippen LogP contribution is 2.26. The van der Waals surface area contributed by atoms with Crippen molar-refractivity contribution in [2.75, 3.05) is 6.54 Å². The summed E-state index contributed by atoms with van der Waals surface area (Å²) in [6.07, 6.45) is 6.01. The number of halogens is 1. The van der Waals surface area contributed by atoms with Gasteiger partial charge in [0, 0.05) is 60.8 Å². The summed E-state index contributed by atoms with van der Waals surface area (Å²) >= 11 is 6.28. The molecule has 4 heterocycles. The van der Waals surface area contributed by atoms with Gasteiger partial charge in [-0.2, -0.15) is 0 Å². The normalized spacial score (nSPS) is 13.7. The maximum atomic E-state index is 12.7. The van der Waals surface area contributed by atoms with E-state index in [2.05, 4.69) is 25.9 Å². The lowest BCUT2D eigenvalue weighted by Crippen LogP contribution is -2.35. The van der Waals surface area contributed by atoms with Gasteiger partial charge in [0.1, 0.15) is 5.82 Å². The molecule has 1 aliphatic heterocycles. The SMILES string of the molecule is O=c1[nH]c(-c2ccncc2)nc2c1CN(Cc1ccc(-c3ccccc3Cl)nc1)CC2. The molecule has 0 unspecified atom stereocenters. The Morgan fingerprint density at radius 1 is 1.06 bits per heavy atom. The number of hydrogen-bond donors (Lipinski definition) is 1. The van der Waals surface area contributed by atoms with Crippen molar-refractivity contribution in [2.24, 2.45) is 0 Å². The van der Waals surface area contributed by atoms with Gasteiger partial charge in [0.15, 0.2) is 0 Å². The molecule has 0 amide bonds. The van der Waals surface area contributed by atoms with Gasteiger partial charge >= 0.3 is 0 Å². The summed E-state index contributed by atoms with van der Waals surface area (Å²) in [4.78, 5) is 31.2. The van der Waals surface area contributed by atoms with Gasteiger partial charge in [-0.15, -0.1) is 0 Å². The maximum absolute atomic E-state index is 12.7. The molecule has 0 bridgehead atoms. The average Bonchev–Trinajstić information content (AvgIpc) is 2.81. The van der Waals surface area contributed by atoms with Crippen LogP contribution in [-0.4, -0.2) is 31.4 Å². The summed E-state index contributed by atoms with van der Waals surface area (Å²) in [6, 6.07) is 15.4. The van der Waals surface area contributed by atoms with Crippen molar-refractivity contribution < 1.29 is 0 Å². The number of hydrogen-bond acceptors (Lipinski definition) is 5. The van der Waals surface area contributed by atoms with E-state index in [-0.39, 0.29) is 5.56 Å². The zero-order valence-electron chi connectivity index (χ0n) is 16.8.